The molecular weight excluding hydrogens is 422 g/mol. The van der Waals surface area contributed by atoms with E-state index < -0.39 is 5.41 Å². The van der Waals surface area contributed by atoms with Gasteiger partial charge in [-0.05, 0) is 49.4 Å². The summed E-state index contributed by atoms with van der Waals surface area (Å²) >= 11 is 6.08. The van der Waals surface area contributed by atoms with Gasteiger partial charge in [-0.1, -0.05) is 67.6 Å². The van der Waals surface area contributed by atoms with Crippen molar-refractivity contribution in [1.82, 2.24) is 15.1 Å². The fraction of sp³-hybridized carbons (Fsp3) is 0.423. The number of carbonyl (C=O) groups excluding carboxylic acids is 1. The fourth-order valence-corrected chi connectivity index (χ4v) is 5.65. The van der Waals surface area contributed by atoms with Crippen LogP contribution < -0.4 is 10.9 Å². The number of benzene rings is 2. The van der Waals surface area contributed by atoms with Gasteiger partial charge >= 0.3 is 0 Å². The predicted molar refractivity (Wildman–Crippen MR) is 127 cm³/mol. The van der Waals surface area contributed by atoms with Crippen molar-refractivity contribution >= 4 is 28.3 Å². The highest BCUT2D eigenvalue weighted by Crippen LogP contribution is 2.41. The van der Waals surface area contributed by atoms with E-state index in [0.29, 0.717) is 17.0 Å². The number of carbonyl (C=O) groups is 1. The van der Waals surface area contributed by atoms with Gasteiger partial charge in [0.25, 0.3) is 5.56 Å². The summed E-state index contributed by atoms with van der Waals surface area (Å²) in [4.78, 5) is 26.6. The molecule has 1 heterocycles. The highest BCUT2D eigenvalue weighted by atomic mass is 35.5. The Hall–Kier alpha value is -2.66. The molecular formula is C26H28ClN3O2. The standard InChI is InChI=1S/C26H28ClN3O2/c27-19-13-11-18(12-14-19)26(15-5-6-16-26)25(32)28-17-23-21-9-3-4-10-22(21)24(31)30(29-23)20-7-1-2-8-20/h3-4,9-14,20H,1-2,5-8,15-17H2,(H,28,32). The molecule has 0 radical (unpaired) electrons. The third-order valence-corrected chi connectivity index (χ3v) is 7.53. The van der Waals surface area contributed by atoms with Gasteiger partial charge in [0.05, 0.1) is 29.1 Å². The molecule has 2 aromatic carbocycles. The van der Waals surface area contributed by atoms with E-state index in [1.807, 2.05) is 48.5 Å². The maximum absolute atomic E-state index is 13.5. The van der Waals surface area contributed by atoms with Gasteiger partial charge < -0.3 is 5.32 Å². The Morgan fingerprint density at radius 2 is 1.66 bits per heavy atom. The summed E-state index contributed by atoms with van der Waals surface area (Å²) in [6.07, 6.45) is 7.94. The second-order valence-electron chi connectivity index (χ2n) is 9.16. The van der Waals surface area contributed by atoms with Crippen LogP contribution in [0.15, 0.2) is 53.3 Å². The van der Waals surface area contributed by atoms with Gasteiger partial charge in [0.1, 0.15) is 0 Å². The normalized spacial score (nSPS) is 18.3. The number of hydrogen-bond acceptors (Lipinski definition) is 3. The molecule has 2 saturated carbocycles. The van der Waals surface area contributed by atoms with Gasteiger partial charge in [-0.25, -0.2) is 4.68 Å². The number of hydrogen-bond donors (Lipinski definition) is 1. The molecule has 166 valence electrons. The predicted octanol–water partition coefficient (Wildman–Crippen LogP) is 5.29. The maximum atomic E-state index is 13.5. The van der Waals surface area contributed by atoms with Gasteiger partial charge in [0.15, 0.2) is 0 Å². The van der Waals surface area contributed by atoms with E-state index >= 15 is 0 Å². The Balaban J connectivity index is 1.46. The molecule has 2 aliphatic rings. The van der Waals surface area contributed by atoms with Crippen LogP contribution in [0.5, 0.6) is 0 Å². The van der Waals surface area contributed by atoms with E-state index in [2.05, 4.69) is 5.32 Å². The van der Waals surface area contributed by atoms with Crippen LogP contribution >= 0.6 is 11.6 Å². The molecule has 0 bridgehead atoms. The van der Waals surface area contributed by atoms with E-state index in [1.165, 1.54) is 0 Å². The highest BCUT2D eigenvalue weighted by molar-refractivity contribution is 6.30. The topological polar surface area (TPSA) is 64.0 Å². The summed E-state index contributed by atoms with van der Waals surface area (Å²) in [5.41, 5.74) is 1.21. The molecule has 5 nitrogen and oxygen atoms in total. The van der Waals surface area contributed by atoms with Gasteiger partial charge in [-0.15, -0.1) is 0 Å². The molecule has 0 aliphatic heterocycles. The smallest absolute Gasteiger partial charge is 0.274 e. The molecule has 1 amide bonds. The zero-order chi connectivity index (χ0) is 22.1. The fourth-order valence-electron chi connectivity index (χ4n) is 5.53. The first-order valence-electron chi connectivity index (χ1n) is 11.6. The Morgan fingerprint density at radius 1 is 1.00 bits per heavy atom. The summed E-state index contributed by atoms with van der Waals surface area (Å²) in [7, 11) is 0. The van der Waals surface area contributed by atoms with Crippen LogP contribution in [0.4, 0.5) is 0 Å². The Bertz CT molecular complexity index is 1190. The quantitative estimate of drug-likeness (QED) is 0.575. The number of nitrogens with one attached hydrogen (secondary N) is 1. The molecule has 0 saturated heterocycles. The second-order valence-corrected chi connectivity index (χ2v) is 9.60. The minimum absolute atomic E-state index is 0.0295. The van der Waals surface area contributed by atoms with E-state index in [9.17, 15) is 9.59 Å². The van der Waals surface area contributed by atoms with E-state index in [1.54, 1.807) is 4.68 Å². The number of fused-ring (bicyclic) bond motifs is 1. The zero-order valence-electron chi connectivity index (χ0n) is 18.1. The lowest BCUT2D eigenvalue weighted by Gasteiger charge is -2.28. The maximum Gasteiger partial charge on any atom is 0.274 e. The van der Waals surface area contributed by atoms with Crippen LogP contribution in [0.25, 0.3) is 10.8 Å². The van der Waals surface area contributed by atoms with Crippen molar-refractivity contribution in [2.75, 3.05) is 0 Å². The van der Waals surface area contributed by atoms with E-state index in [4.69, 9.17) is 16.7 Å². The van der Waals surface area contributed by atoms with Crippen LogP contribution in [-0.2, 0) is 16.8 Å². The molecule has 0 atom stereocenters. The summed E-state index contributed by atoms with van der Waals surface area (Å²) in [6, 6.07) is 15.4. The van der Waals surface area contributed by atoms with Crippen molar-refractivity contribution in [3.8, 4) is 0 Å². The zero-order valence-corrected chi connectivity index (χ0v) is 18.9. The lowest BCUT2D eigenvalue weighted by atomic mass is 9.78. The van der Waals surface area contributed by atoms with Crippen LogP contribution in [0.2, 0.25) is 5.02 Å². The molecule has 32 heavy (non-hydrogen) atoms. The molecule has 3 aromatic rings. The lowest BCUT2D eigenvalue weighted by molar-refractivity contribution is -0.126. The van der Waals surface area contributed by atoms with Gasteiger partial charge in [0, 0.05) is 10.4 Å². The third-order valence-electron chi connectivity index (χ3n) is 7.28. The molecule has 2 fully saturated rings. The first-order valence-corrected chi connectivity index (χ1v) is 12.0. The summed E-state index contributed by atoms with van der Waals surface area (Å²) in [5.74, 6) is 0.0295. The first kappa shape index (κ1) is 21.2. The number of amides is 1. The van der Waals surface area contributed by atoms with Gasteiger partial charge in [-0.3, -0.25) is 9.59 Å². The van der Waals surface area contributed by atoms with Gasteiger partial charge in [-0.2, -0.15) is 5.10 Å². The van der Waals surface area contributed by atoms with Crippen LogP contribution in [0, 0.1) is 0 Å². The minimum atomic E-state index is -0.527. The Labute approximate surface area is 192 Å². The molecule has 0 spiro atoms. The summed E-state index contributed by atoms with van der Waals surface area (Å²) in [6.45, 7) is 0.307. The van der Waals surface area contributed by atoms with E-state index in [0.717, 1.165) is 68.0 Å². The largest absolute Gasteiger partial charge is 0.350 e. The third kappa shape index (κ3) is 3.73. The molecule has 6 heteroatoms. The number of aromatic nitrogens is 2. The summed E-state index contributed by atoms with van der Waals surface area (Å²) in [5, 5.41) is 10.1. The van der Waals surface area contributed by atoms with Crippen LogP contribution in [-0.4, -0.2) is 15.7 Å². The lowest BCUT2D eigenvalue weighted by Crippen LogP contribution is -2.42. The number of rotatable bonds is 5. The molecule has 0 unspecified atom stereocenters. The SMILES string of the molecule is O=C(NCc1nn(C2CCCC2)c(=O)c2ccccc12)C1(c2ccc(Cl)cc2)CCCC1. The first-order chi connectivity index (χ1) is 15.6. The van der Waals surface area contributed by atoms with Crippen LogP contribution in [0.1, 0.15) is 68.7 Å². The van der Waals surface area contributed by atoms with Crippen molar-refractivity contribution in [3.05, 3.63) is 75.2 Å². The monoisotopic (exact) mass is 449 g/mol. The minimum Gasteiger partial charge on any atom is -0.350 e. The van der Waals surface area contributed by atoms with Crippen LogP contribution in [0.3, 0.4) is 0 Å². The average molecular weight is 450 g/mol. The van der Waals surface area contributed by atoms with Crippen molar-refractivity contribution in [1.29, 1.82) is 0 Å². The van der Waals surface area contributed by atoms with Crippen molar-refractivity contribution in [3.63, 3.8) is 0 Å². The highest BCUT2D eigenvalue weighted by Gasteiger charge is 2.42. The molecule has 1 aromatic heterocycles. The molecule has 1 N–H and O–H groups in total. The second kappa shape index (κ2) is 8.70. The number of halogens is 1. The van der Waals surface area contributed by atoms with Crippen molar-refractivity contribution < 1.29 is 4.79 Å². The summed E-state index contributed by atoms with van der Waals surface area (Å²) < 4.78 is 1.67. The number of nitrogens with zero attached hydrogens (tertiary/aromatic N) is 2. The molecule has 2 aliphatic carbocycles. The van der Waals surface area contributed by atoms with E-state index in [-0.39, 0.29) is 17.5 Å². The van der Waals surface area contributed by atoms with Crippen molar-refractivity contribution in [2.45, 2.75) is 69.4 Å². The van der Waals surface area contributed by atoms with Gasteiger partial charge in [0.2, 0.25) is 5.91 Å². The van der Waals surface area contributed by atoms with Crippen molar-refractivity contribution in [2.24, 2.45) is 0 Å². The Morgan fingerprint density at radius 3 is 2.34 bits per heavy atom. The Kier molecular flexibility index (Phi) is 5.76. The molecule has 5 rings (SSSR count). The average Bonchev–Trinajstić information content (AvgIpc) is 3.52.